The molecular formula is C15H18N4O. The standard InChI is InChI=1S/C15H18N4O/c1-19-9-6-13(18-19)5-8-17-15(20)12-2-3-14-11(10-12)4-7-16-14/h2-3,6,9-10,16H,4-5,7-8H2,1H3,(H,17,20). The molecule has 0 saturated carbocycles. The first-order valence-electron chi connectivity index (χ1n) is 6.86. The number of carbonyl (C=O) groups is 1. The predicted octanol–water partition coefficient (Wildman–Crippen LogP) is 1.36. The molecule has 1 aromatic carbocycles. The van der Waals surface area contributed by atoms with Crippen molar-refractivity contribution >= 4 is 11.6 Å². The molecule has 2 N–H and O–H groups in total. The largest absolute Gasteiger partial charge is 0.384 e. The van der Waals surface area contributed by atoms with Gasteiger partial charge >= 0.3 is 0 Å². The maximum absolute atomic E-state index is 12.1. The third kappa shape index (κ3) is 2.66. The number of nitrogens with one attached hydrogen (secondary N) is 2. The molecule has 2 aromatic rings. The van der Waals surface area contributed by atoms with Crippen LogP contribution in [0.25, 0.3) is 0 Å². The number of benzene rings is 1. The minimum atomic E-state index is -0.0179. The summed E-state index contributed by atoms with van der Waals surface area (Å²) < 4.78 is 1.77. The summed E-state index contributed by atoms with van der Waals surface area (Å²) in [7, 11) is 1.89. The second-order valence-electron chi connectivity index (χ2n) is 5.04. The summed E-state index contributed by atoms with van der Waals surface area (Å²) in [6.07, 6.45) is 3.65. The van der Waals surface area contributed by atoms with Crippen LogP contribution in [0.3, 0.4) is 0 Å². The average molecular weight is 270 g/mol. The Bertz CT molecular complexity index is 633. The Kier molecular flexibility index (Phi) is 3.41. The highest BCUT2D eigenvalue weighted by Crippen LogP contribution is 2.22. The van der Waals surface area contributed by atoms with Gasteiger partial charge in [-0.1, -0.05) is 0 Å². The Hall–Kier alpha value is -2.30. The second-order valence-corrected chi connectivity index (χ2v) is 5.04. The zero-order chi connectivity index (χ0) is 13.9. The van der Waals surface area contributed by atoms with Gasteiger partial charge in [-0.3, -0.25) is 9.48 Å². The summed E-state index contributed by atoms with van der Waals surface area (Å²) in [4.78, 5) is 12.1. The molecule has 2 heterocycles. The highest BCUT2D eigenvalue weighted by Gasteiger charge is 2.13. The quantitative estimate of drug-likeness (QED) is 0.882. The van der Waals surface area contributed by atoms with Gasteiger partial charge in [0.2, 0.25) is 0 Å². The second kappa shape index (κ2) is 5.36. The first-order chi connectivity index (χ1) is 9.72. The number of hydrogen-bond donors (Lipinski definition) is 2. The maximum atomic E-state index is 12.1. The molecule has 1 aliphatic heterocycles. The summed E-state index contributed by atoms with van der Waals surface area (Å²) in [6.45, 7) is 1.56. The maximum Gasteiger partial charge on any atom is 0.251 e. The van der Waals surface area contributed by atoms with Gasteiger partial charge in [-0.25, -0.2) is 0 Å². The van der Waals surface area contributed by atoms with Crippen molar-refractivity contribution in [3.63, 3.8) is 0 Å². The van der Waals surface area contributed by atoms with Gasteiger partial charge in [-0.05, 0) is 36.2 Å². The van der Waals surface area contributed by atoms with Crippen LogP contribution in [0, 0.1) is 0 Å². The lowest BCUT2D eigenvalue weighted by atomic mass is 10.1. The molecule has 0 aliphatic carbocycles. The number of amides is 1. The molecule has 0 bridgehead atoms. The highest BCUT2D eigenvalue weighted by atomic mass is 16.1. The fourth-order valence-electron chi connectivity index (χ4n) is 2.45. The van der Waals surface area contributed by atoms with Crippen molar-refractivity contribution in [2.45, 2.75) is 12.8 Å². The Labute approximate surface area is 118 Å². The highest BCUT2D eigenvalue weighted by molar-refractivity contribution is 5.95. The van der Waals surface area contributed by atoms with Crippen LogP contribution >= 0.6 is 0 Å². The van der Waals surface area contributed by atoms with E-state index in [2.05, 4.69) is 15.7 Å². The lowest BCUT2D eigenvalue weighted by molar-refractivity contribution is 0.0954. The minimum absolute atomic E-state index is 0.0179. The van der Waals surface area contributed by atoms with Gasteiger partial charge in [0.25, 0.3) is 5.91 Å². The van der Waals surface area contributed by atoms with E-state index < -0.39 is 0 Å². The van der Waals surface area contributed by atoms with Crippen molar-refractivity contribution in [2.24, 2.45) is 7.05 Å². The van der Waals surface area contributed by atoms with E-state index in [4.69, 9.17) is 0 Å². The zero-order valence-corrected chi connectivity index (χ0v) is 11.5. The number of carbonyl (C=O) groups excluding carboxylic acids is 1. The zero-order valence-electron chi connectivity index (χ0n) is 11.5. The lowest BCUT2D eigenvalue weighted by Gasteiger charge is -2.06. The monoisotopic (exact) mass is 270 g/mol. The third-order valence-corrected chi connectivity index (χ3v) is 3.51. The molecule has 1 aromatic heterocycles. The van der Waals surface area contributed by atoms with Crippen molar-refractivity contribution in [3.8, 4) is 0 Å². The first kappa shape index (κ1) is 12.7. The van der Waals surface area contributed by atoms with Gasteiger partial charge in [0.1, 0.15) is 0 Å². The van der Waals surface area contributed by atoms with E-state index >= 15 is 0 Å². The van der Waals surface area contributed by atoms with Gasteiger partial charge < -0.3 is 10.6 Å². The molecule has 20 heavy (non-hydrogen) atoms. The van der Waals surface area contributed by atoms with Crippen molar-refractivity contribution in [3.05, 3.63) is 47.3 Å². The summed E-state index contributed by atoms with van der Waals surface area (Å²) in [6, 6.07) is 7.79. The molecule has 1 aliphatic rings. The number of nitrogens with zero attached hydrogens (tertiary/aromatic N) is 2. The molecule has 0 unspecified atom stereocenters. The van der Waals surface area contributed by atoms with E-state index in [1.165, 1.54) is 5.56 Å². The topological polar surface area (TPSA) is 59.0 Å². The van der Waals surface area contributed by atoms with Crippen LogP contribution in [0.1, 0.15) is 21.6 Å². The number of rotatable bonds is 4. The summed E-state index contributed by atoms with van der Waals surface area (Å²) in [5.41, 5.74) is 4.09. The summed E-state index contributed by atoms with van der Waals surface area (Å²) >= 11 is 0. The average Bonchev–Trinajstić information content (AvgIpc) is 3.06. The number of aromatic nitrogens is 2. The van der Waals surface area contributed by atoms with Crippen molar-refractivity contribution in [1.82, 2.24) is 15.1 Å². The SMILES string of the molecule is Cn1ccc(CCNC(=O)c2ccc3c(c2)CCN3)n1. The normalized spacial score (nSPS) is 12.8. The van der Waals surface area contributed by atoms with Gasteiger partial charge in [0, 0.05) is 44.0 Å². The van der Waals surface area contributed by atoms with Gasteiger partial charge in [0.15, 0.2) is 0 Å². The molecule has 5 heteroatoms. The van der Waals surface area contributed by atoms with Crippen molar-refractivity contribution < 1.29 is 4.79 Å². The van der Waals surface area contributed by atoms with Crippen LogP contribution in [0.5, 0.6) is 0 Å². The molecule has 0 fully saturated rings. The summed E-state index contributed by atoms with van der Waals surface area (Å²) in [5.74, 6) is -0.0179. The third-order valence-electron chi connectivity index (χ3n) is 3.51. The van der Waals surface area contributed by atoms with Crippen LogP contribution in [-0.2, 0) is 19.9 Å². The predicted molar refractivity (Wildman–Crippen MR) is 77.9 cm³/mol. The number of anilines is 1. The minimum Gasteiger partial charge on any atom is -0.384 e. The van der Waals surface area contributed by atoms with Crippen LogP contribution in [0.2, 0.25) is 0 Å². The van der Waals surface area contributed by atoms with E-state index in [1.54, 1.807) is 4.68 Å². The number of hydrogen-bond acceptors (Lipinski definition) is 3. The smallest absolute Gasteiger partial charge is 0.251 e. The Balaban J connectivity index is 1.56. The lowest BCUT2D eigenvalue weighted by Crippen LogP contribution is -2.25. The van der Waals surface area contributed by atoms with Crippen LogP contribution < -0.4 is 10.6 Å². The Morgan fingerprint density at radius 2 is 2.35 bits per heavy atom. The molecule has 0 atom stereocenters. The molecule has 0 saturated heterocycles. The van der Waals surface area contributed by atoms with Gasteiger partial charge in [-0.15, -0.1) is 0 Å². The molecule has 104 valence electrons. The van der Waals surface area contributed by atoms with E-state index in [0.717, 1.165) is 36.3 Å². The van der Waals surface area contributed by atoms with Crippen LogP contribution in [0.15, 0.2) is 30.5 Å². The van der Waals surface area contributed by atoms with E-state index in [9.17, 15) is 4.79 Å². The Morgan fingerprint density at radius 3 is 3.15 bits per heavy atom. The fraction of sp³-hybridized carbons (Fsp3) is 0.333. The fourth-order valence-corrected chi connectivity index (χ4v) is 2.45. The number of fused-ring (bicyclic) bond motifs is 1. The summed E-state index contributed by atoms with van der Waals surface area (Å²) in [5, 5.41) is 10.5. The first-order valence-corrected chi connectivity index (χ1v) is 6.86. The van der Waals surface area contributed by atoms with Crippen LogP contribution in [0.4, 0.5) is 5.69 Å². The molecular weight excluding hydrogens is 252 g/mol. The van der Waals surface area contributed by atoms with Gasteiger partial charge in [-0.2, -0.15) is 5.10 Å². The molecule has 5 nitrogen and oxygen atoms in total. The van der Waals surface area contributed by atoms with Crippen molar-refractivity contribution in [2.75, 3.05) is 18.4 Å². The Morgan fingerprint density at radius 1 is 1.45 bits per heavy atom. The van der Waals surface area contributed by atoms with Gasteiger partial charge in [0.05, 0.1) is 5.69 Å². The van der Waals surface area contributed by atoms with E-state index in [0.29, 0.717) is 6.54 Å². The van der Waals surface area contributed by atoms with Crippen molar-refractivity contribution in [1.29, 1.82) is 0 Å². The van der Waals surface area contributed by atoms with E-state index in [1.807, 2.05) is 37.5 Å². The molecule has 3 rings (SSSR count). The molecule has 1 amide bonds. The molecule has 0 radical (unpaired) electrons. The number of aryl methyl sites for hydroxylation is 1. The molecule has 0 spiro atoms. The van der Waals surface area contributed by atoms with Crippen LogP contribution in [-0.4, -0.2) is 28.8 Å². The van der Waals surface area contributed by atoms with E-state index in [-0.39, 0.29) is 5.91 Å².